The Morgan fingerprint density at radius 2 is 1.84 bits per heavy atom. The molecule has 0 spiro atoms. The lowest BCUT2D eigenvalue weighted by molar-refractivity contribution is 0.0600. The molecule has 0 atom stereocenters. The van der Waals surface area contributed by atoms with Gasteiger partial charge < -0.3 is 14.6 Å². The SMILES string of the molecule is CCN(C(=O)c1cc(C)cc(C(=O)OC)c1)c1ccc2[nH]ccc2c1. The molecule has 5 nitrogen and oxygen atoms in total. The van der Waals surface area contributed by atoms with Crippen LogP contribution in [-0.4, -0.2) is 30.5 Å². The number of anilines is 1. The van der Waals surface area contributed by atoms with Gasteiger partial charge in [0.15, 0.2) is 0 Å². The molecule has 0 aliphatic heterocycles. The van der Waals surface area contributed by atoms with E-state index in [1.807, 2.05) is 44.3 Å². The molecular weight excluding hydrogens is 316 g/mol. The van der Waals surface area contributed by atoms with Gasteiger partial charge in [-0.2, -0.15) is 0 Å². The highest BCUT2D eigenvalue weighted by atomic mass is 16.5. The summed E-state index contributed by atoms with van der Waals surface area (Å²) in [5, 5.41) is 1.04. The fourth-order valence-corrected chi connectivity index (χ4v) is 2.95. The highest BCUT2D eigenvalue weighted by Gasteiger charge is 2.19. The number of aromatic nitrogens is 1. The molecule has 0 saturated carbocycles. The van der Waals surface area contributed by atoms with Crippen molar-refractivity contribution in [2.24, 2.45) is 0 Å². The van der Waals surface area contributed by atoms with Crippen LogP contribution in [0, 0.1) is 6.92 Å². The van der Waals surface area contributed by atoms with Gasteiger partial charge in [-0.1, -0.05) is 0 Å². The number of amides is 1. The standard InChI is InChI=1S/C20H20N2O3/c1-4-22(17-5-6-18-14(12-17)7-8-21-18)19(23)15-9-13(2)10-16(11-15)20(24)25-3/h5-12,21H,4H2,1-3H3. The number of hydrogen-bond donors (Lipinski definition) is 1. The van der Waals surface area contributed by atoms with Crippen LogP contribution < -0.4 is 4.90 Å². The lowest BCUT2D eigenvalue weighted by Gasteiger charge is -2.22. The van der Waals surface area contributed by atoms with Crippen LogP contribution in [0.15, 0.2) is 48.7 Å². The first-order chi connectivity index (χ1) is 12.0. The second-order valence-electron chi connectivity index (χ2n) is 5.88. The van der Waals surface area contributed by atoms with E-state index < -0.39 is 5.97 Å². The number of fused-ring (bicyclic) bond motifs is 1. The predicted octanol–water partition coefficient (Wildman–Crippen LogP) is 3.93. The fourth-order valence-electron chi connectivity index (χ4n) is 2.95. The minimum absolute atomic E-state index is 0.147. The molecule has 0 saturated heterocycles. The lowest BCUT2D eigenvalue weighted by Crippen LogP contribution is -2.30. The van der Waals surface area contributed by atoms with Crippen molar-refractivity contribution >= 4 is 28.5 Å². The van der Waals surface area contributed by atoms with E-state index in [0.29, 0.717) is 17.7 Å². The molecule has 25 heavy (non-hydrogen) atoms. The molecule has 1 amide bonds. The zero-order valence-corrected chi connectivity index (χ0v) is 14.5. The van der Waals surface area contributed by atoms with Gasteiger partial charge in [0.25, 0.3) is 5.91 Å². The molecule has 0 radical (unpaired) electrons. The zero-order chi connectivity index (χ0) is 18.0. The van der Waals surface area contributed by atoms with Gasteiger partial charge in [-0.3, -0.25) is 4.79 Å². The minimum Gasteiger partial charge on any atom is -0.465 e. The maximum atomic E-state index is 13.0. The Balaban J connectivity index is 1.99. The van der Waals surface area contributed by atoms with Gasteiger partial charge in [0.05, 0.1) is 12.7 Å². The maximum Gasteiger partial charge on any atom is 0.337 e. The van der Waals surface area contributed by atoms with Crippen LogP contribution in [0.1, 0.15) is 33.2 Å². The number of aryl methyl sites for hydroxylation is 1. The van der Waals surface area contributed by atoms with Gasteiger partial charge in [-0.05, 0) is 61.9 Å². The van der Waals surface area contributed by atoms with Gasteiger partial charge >= 0.3 is 5.97 Å². The third kappa shape index (κ3) is 3.26. The number of carbonyl (C=O) groups excluding carboxylic acids is 2. The molecule has 128 valence electrons. The molecule has 0 aliphatic rings. The number of benzene rings is 2. The number of nitrogens with zero attached hydrogens (tertiary/aromatic N) is 1. The molecule has 3 aromatic rings. The van der Waals surface area contributed by atoms with Crippen LogP contribution in [0.25, 0.3) is 10.9 Å². The van der Waals surface area contributed by atoms with Crippen molar-refractivity contribution in [1.82, 2.24) is 4.98 Å². The molecule has 5 heteroatoms. The molecule has 1 aromatic heterocycles. The minimum atomic E-state index is -0.449. The predicted molar refractivity (Wildman–Crippen MR) is 98.2 cm³/mol. The topological polar surface area (TPSA) is 62.4 Å². The molecule has 0 bridgehead atoms. The first kappa shape index (κ1) is 16.8. The highest BCUT2D eigenvalue weighted by molar-refractivity contribution is 6.08. The third-order valence-corrected chi connectivity index (χ3v) is 4.16. The van der Waals surface area contributed by atoms with Gasteiger partial charge in [-0.25, -0.2) is 4.79 Å². The summed E-state index contributed by atoms with van der Waals surface area (Å²) < 4.78 is 4.77. The molecule has 0 fully saturated rings. The summed E-state index contributed by atoms with van der Waals surface area (Å²) in [7, 11) is 1.33. The summed E-state index contributed by atoms with van der Waals surface area (Å²) >= 11 is 0. The van der Waals surface area contributed by atoms with Crippen LogP contribution >= 0.6 is 0 Å². The van der Waals surface area contributed by atoms with Gasteiger partial charge in [0.1, 0.15) is 0 Å². The summed E-state index contributed by atoms with van der Waals surface area (Å²) in [6, 6.07) is 12.9. The van der Waals surface area contributed by atoms with Crippen molar-refractivity contribution in [3.05, 3.63) is 65.4 Å². The molecular formula is C20H20N2O3. The van der Waals surface area contributed by atoms with Crippen LogP contribution in [0.3, 0.4) is 0 Å². The first-order valence-corrected chi connectivity index (χ1v) is 8.12. The summed E-state index contributed by atoms with van der Waals surface area (Å²) in [5.41, 5.74) is 3.53. The first-order valence-electron chi connectivity index (χ1n) is 8.12. The number of H-pyrrole nitrogens is 1. The summed E-state index contributed by atoms with van der Waals surface area (Å²) in [4.78, 5) is 29.7. The highest BCUT2D eigenvalue weighted by Crippen LogP contribution is 2.23. The summed E-state index contributed by atoms with van der Waals surface area (Å²) in [5.74, 6) is -0.597. The zero-order valence-electron chi connectivity index (χ0n) is 14.5. The van der Waals surface area contributed by atoms with E-state index in [-0.39, 0.29) is 5.91 Å². The Hall–Kier alpha value is -3.08. The van der Waals surface area contributed by atoms with E-state index in [0.717, 1.165) is 22.2 Å². The van der Waals surface area contributed by atoms with Crippen molar-refractivity contribution in [3.8, 4) is 0 Å². The quantitative estimate of drug-likeness (QED) is 0.734. The monoisotopic (exact) mass is 336 g/mol. The van der Waals surface area contributed by atoms with Crippen LogP contribution in [0.2, 0.25) is 0 Å². The van der Waals surface area contributed by atoms with E-state index >= 15 is 0 Å². The second-order valence-corrected chi connectivity index (χ2v) is 5.88. The number of rotatable bonds is 4. The fraction of sp³-hybridized carbons (Fsp3) is 0.200. The Bertz CT molecular complexity index is 943. The average molecular weight is 336 g/mol. The summed E-state index contributed by atoms with van der Waals surface area (Å²) in [6.07, 6.45) is 1.87. The van der Waals surface area contributed by atoms with Crippen LogP contribution in [0.4, 0.5) is 5.69 Å². The van der Waals surface area contributed by atoms with E-state index in [4.69, 9.17) is 4.74 Å². The maximum absolute atomic E-state index is 13.0. The van der Waals surface area contributed by atoms with Crippen molar-refractivity contribution in [2.45, 2.75) is 13.8 Å². The van der Waals surface area contributed by atoms with Crippen molar-refractivity contribution in [3.63, 3.8) is 0 Å². The number of esters is 1. The Labute approximate surface area is 146 Å². The van der Waals surface area contributed by atoms with Crippen molar-refractivity contribution in [2.75, 3.05) is 18.6 Å². The van der Waals surface area contributed by atoms with Gasteiger partial charge in [0.2, 0.25) is 0 Å². The molecule has 2 aromatic carbocycles. The summed E-state index contributed by atoms with van der Waals surface area (Å²) in [6.45, 7) is 4.30. The van der Waals surface area contributed by atoms with E-state index in [2.05, 4.69) is 4.98 Å². The largest absolute Gasteiger partial charge is 0.465 e. The lowest BCUT2D eigenvalue weighted by atomic mass is 10.0. The number of aromatic amines is 1. The number of ether oxygens (including phenoxy) is 1. The number of carbonyl (C=O) groups is 2. The van der Waals surface area contributed by atoms with Crippen LogP contribution in [-0.2, 0) is 4.74 Å². The molecule has 1 N–H and O–H groups in total. The molecule has 0 unspecified atom stereocenters. The average Bonchev–Trinajstić information content (AvgIpc) is 3.08. The number of hydrogen-bond acceptors (Lipinski definition) is 3. The Kier molecular flexibility index (Phi) is 4.57. The van der Waals surface area contributed by atoms with Gasteiger partial charge in [0, 0.05) is 34.9 Å². The molecule has 1 heterocycles. The van der Waals surface area contributed by atoms with Crippen molar-refractivity contribution < 1.29 is 14.3 Å². The smallest absolute Gasteiger partial charge is 0.337 e. The van der Waals surface area contributed by atoms with Crippen LogP contribution in [0.5, 0.6) is 0 Å². The second kappa shape index (κ2) is 6.81. The number of methoxy groups -OCH3 is 1. The van der Waals surface area contributed by atoms with Crippen molar-refractivity contribution in [1.29, 1.82) is 0 Å². The number of nitrogens with one attached hydrogen (secondary N) is 1. The Morgan fingerprint density at radius 1 is 1.08 bits per heavy atom. The molecule has 3 rings (SSSR count). The van der Waals surface area contributed by atoms with E-state index in [1.54, 1.807) is 23.1 Å². The molecule has 0 aliphatic carbocycles. The normalized spacial score (nSPS) is 10.7. The Morgan fingerprint density at radius 3 is 2.56 bits per heavy atom. The van der Waals surface area contributed by atoms with E-state index in [1.165, 1.54) is 7.11 Å². The van der Waals surface area contributed by atoms with Gasteiger partial charge in [-0.15, -0.1) is 0 Å². The third-order valence-electron chi connectivity index (χ3n) is 4.16. The van der Waals surface area contributed by atoms with E-state index in [9.17, 15) is 9.59 Å².